The third kappa shape index (κ3) is 29.9. The third-order valence-electron chi connectivity index (χ3n) is 10.9. The second-order valence-electron chi connectivity index (χ2n) is 17.0. The fourth-order valence-corrected chi connectivity index (χ4v) is 11.0. The summed E-state index contributed by atoms with van der Waals surface area (Å²) in [6, 6.07) is 16.2. The van der Waals surface area contributed by atoms with Crippen molar-refractivity contribution in [2.24, 2.45) is 0 Å². The average Bonchev–Trinajstić information content (AvgIpc) is 3.58. The van der Waals surface area contributed by atoms with Crippen LogP contribution in [0.5, 0.6) is 0 Å². The largest absolute Gasteiger partial charge is 1.00 e. The molecule has 33 nitrogen and oxygen atoms in total. The van der Waals surface area contributed by atoms with Crippen LogP contribution < -0.4 is 238 Å². The van der Waals surface area contributed by atoms with Gasteiger partial charge in [-0.15, -0.1) is 6.54 Å². The van der Waals surface area contributed by atoms with E-state index in [2.05, 4.69) is 64.2 Å². The van der Waals surface area contributed by atoms with Crippen molar-refractivity contribution in [1.82, 2.24) is 29.9 Å². The summed E-state index contributed by atoms with van der Waals surface area (Å²) in [6.07, 6.45) is 2.44. The van der Waals surface area contributed by atoms with E-state index in [9.17, 15) is 86.2 Å². The number of anilines is 10. The molecule has 0 fully saturated rings. The van der Waals surface area contributed by atoms with E-state index in [1.165, 1.54) is 47.4 Å². The number of aromatic nitrogens is 6. The maximum atomic E-state index is 13.5. The van der Waals surface area contributed by atoms with E-state index >= 15 is 0 Å². The van der Waals surface area contributed by atoms with Gasteiger partial charge in [-0.1, -0.05) is 36.0 Å². The van der Waals surface area contributed by atoms with Gasteiger partial charge < -0.3 is 60.8 Å². The Labute approximate surface area is 674 Å². The van der Waals surface area contributed by atoms with Crippen molar-refractivity contribution < 1.29 is 297 Å². The van der Waals surface area contributed by atoms with Crippen molar-refractivity contribution in [2.75, 3.05) is 81.6 Å². The Morgan fingerprint density at radius 2 is 0.989 bits per heavy atom. The van der Waals surface area contributed by atoms with E-state index in [-0.39, 0.29) is 265 Å². The molecule has 47 heteroatoms. The second kappa shape index (κ2) is 38.8. The molecule has 90 heavy (non-hydrogen) atoms. The topological polar surface area (TPSA) is 516 Å². The first kappa shape index (κ1) is 91.9. The van der Waals surface area contributed by atoms with Crippen molar-refractivity contribution in [3.05, 3.63) is 108 Å². The molecule has 2 aromatic heterocycles. The van der Waals surface area contributed by atoms with Crippen LogP contribution in [0, 0.1) is 19.9 Å². The number of hydrogen-bond acceptors (Lipinski definition) is 32. The number of hydrogen-bond donors (Lipinski definition) is 5. The number of aryl methyl sites for hydroxylation is 1. The smallest absolute Gasteiger partial charge is 0.748 e. The van der Waals surface area contributed by atoms with Gasteiger partial charge in [-0.3, -0.25) is 8.74 Å². The molecule has 6 rings (SSSR count). The van der Waals surface area contributed by atoms with E-state index < -0.39 is 152 Å². The first-order chi connectivity index (χ1) is 38.4. The molecule has 5 N–H and O–H groups in total. The van der Waals surface area contributed by atoms with Gasteiger partial charge in [0.1, 0.15) is 30.9 Å². The summed E-state index contributed by atoms with van der Waals surface area (Å²) in [7, 11) is -33.6. The monoisotopic (exact) mass is 1450 g/mol. The molecule has 2 heterocycles. The molecule has 0 radical (unpaired) electrons. The summed E-state index contributed by atoms with van der Waals surface area (Å²) < 4.78 is 243. The first-order valence-electron chi connectivity index (χ1n) is 22.8. The molecule has 0 aliphatic rings. The summed E-state index contributed by atoms with van der Waals surface area (Å²) in [5.74, 6) is -7.16. The van der Waals surface area contributed by atoms with E-state index in [4.69, 9.17) is 4.18 Å². The Morgan fingerprint density at radius 3 is 1.44 bits per heavy atom. The Morgan fingerprint density at radius 1 is 0.544 bits per heavy atom. The van der Waals surface area contributed by atoms with Crippen molar-refractivity contribution in [3.8, 4) is 0 Å². The molecule has 0 atom stereocenters. The zero-order chi connectivity index (χ0) is 61.5. The number of benzene rings is 4. The quantitative estimate of drug-likeness (QED) is 0.0100. The minimum absolute atomic E-state index is 0. The molecule has 0 bridgehead atoms. The van der Waals surface area contributed by atoms with Gasteiger partial charge >= 0.3 is 207 Å². The molecule has 0 spiro atoms. The average molecular weight is 1450 g/mol. The van der Waals surface area contributed by atoms with Crippen LogP contribution in [0.4, 0.5) is 58.4 Å². The summed E-state index contributed by atoms with van der Waals surface area (Å²) in [5, 5.41) is 10.7. The van der Waals surface area contributed by atoms with Crippen molar-refractivity contribution in [1.29, 1.82) is 0 Å². The van der Waals surface area contributed by atoms with E-state index in [0.717, 1.165) is 54.5 Å². The summed E-state index contributed by atoms with van der Waals surface area (Å²) in [5.41, 5.74) is -0.476. The number of nitrogens with zero attached hydrogens (tertiary/aromatic N) is 8. The number of rotatable bonds is 28. The van der Waals surface area contributed by atoms with E-state index in [1.54, 1.807) is 6.92 Å². The van der Waals surface area contributed by atoms with Gasteiger partial charge in [0.25, 0.3) is 20.2 Å². The summed E-state index contributed by atoms with van der Waals surface area (Å²) >= 11 is 0. The van der Waals surface area contributed by atoms with Crippen molar-refractivity contribution in [2.45, 2.75) is 27.4 Å². The summed E-state index contributed by atoms with van der Waals surface area (Å²) in [4.78, 5) is 25.0. The molecule has 0 unspecified atom stereocenters. The first-order valence-corrected chi connectivity index (χ1v) is 33.4. The van der Waals surface area contributed by atoms with Crippen LogP contribution in [0.1, 0.15) is 22.3 Å². The Bertz CT molecular complexity index is 4300. The minimum atomic E-state index is -5.18. The van der Waals surface area contributed by atoms with Crippen molar-refractivity contribution >= 4 is 141 Å². The van der Waals surface area contributed by atoms with Crippen LogP contribution in [0.3, 0.4) is 0 Å². The minimum Gasteiger partial charge on any atom is -0.748 e. The van der Waals surface area contributed by atoms with Crippen LogP contribution in [0.15, 0.2) is 87.5 Å². The molecule has 450 valence electrons. The molecule has 0 aliphatic carbocycles. The molecule has 0 aliphatic heterocycles. The maximum Gasteiger partial charge on any atom is 1.00 e. The Hall–Kier alpha value is -0.190. The molecule has 4 aromatic carbocycles. The number of nitrogens with one attached hydrogen (secondary N) is 4. The van der Waals surface area contributed by atoms with Crippen molar-refractivity contribution in [3.63, 3.8) is 0 Å². The summed E-state index contributed by atoms with van der Waals surface area (Å²) in [6.45, 7) is 2.95. The standard InChI is InChI=1S/C43H48N12O21S7.7Na/c1-4-54(17-20-77(56,57)58)42-50-39(49-41(52-42)47-35-25-33(81(68,69)70)16-9-27(35)2)45-32-15-13-29(37(24-32)83(74,75)76-3)11-10-28-12-14-31(23-30(28)26-80(65,66)67)44-38-48-40(46-34-7-5-6-8-36(34)82(71,72)73)53-43(51-38)55(18-21-78(59,60)61)19-22-79(62,63)64;;;;;;;/h6-16,23-25H,1,4,17-22,26H2,2-3H3,(H,56,57,58)(H,59,60,61)(H,62,63,64)(H,65,66,67)(H,68,69,70)(H,71,72,73)(H2,44,46,48,51,53)(H2,45,47,49,50,52);;;;;;;/q-2;7*+1/p-5/b11-10+;;;;;;;. The van der Waals surface area contributed by atoms with Gasteiger partial charge in [-0.25, -0.2) is 42.1 Å². The van der Waals surface area contributed by atoms with Gasteiger partial charge in [0.05, 0.1) is 59.6 Å². The molecular formula is C43H43N12Na7O21S7. The predicted molar refractivity (Wildman–Crippen MR) is 290 cm³/mol. The Kier molecular flexibility index (Phi) is 39.6. The van der Waals surface area contributed by atoms with Gasteiger partial charge in [0.15, 0.2) is 0 Å². The maximum absolute atomic E-state index is 13.5. The van der Waals surface area contributed by atoms with Gasteiger partial charge in [0, 0.05) is 36.7 Å². The van der Waals surface area contributed by atoms with Gasteiger partial charge in [-0.2, -0.15) is 71.0 Å². The molecule has 6 aromatic rings. The second-order valence-corrected chi connectivity index (χ2v) is 27.4. The van der Waals surface area contributed by atoms with Gasteiger partial charge in [-0.05, 0) is 70.5 Å². The Balaban J connectivity index is 0. The van der Waals surface area contributed by atoms with E-state index in [1.807, 2.05) is 0 Å². The molecule has 0 saturated heterocycles. The molecule has 0 amide bonds. The molecular weight excluding hydrogens is 1410 g/mol. The molecule has 0 saturated carbocycles. The fourth-order valence-electron chi connectivity index (χ4n) is 7.05. The SMILES string of the molecule is [CH2-]CN(CCS(=O)(=O)[O-])c1nc(Nc2ccc(/C=C/c3ccc(Nc4nc(Nc5c[c-]ccc5S(=O)(=O)[O-])nc(N(CCS(=O)(=O)[O-])CCS(=O)(=O)[O-])n4)cc3CS(=O)(=O)O)c(S(=O)(=O)OC)c2)nc(Nc2cc(S(=O)(=O)[O-])ccc2C)n1.[Na+].[Na+].[Na+].[Na+].[Na+].[Na+].[Na+]. The zero-order valence-electron chi connectivity index (χ0n) is 49.5. The predicted octanol–water partition coefficient (Wildman–Crippen LogP) is -20.0. The van der Waals surface area contributed by atoms with Gasteiger partial charge in [0.2, 0.25) is 35.7 Å². The zero-order valence-corrected chi connectivity index (χ0v) is 69.2. The van der Waals surface area contributed by atoms with Crippen LogP contribution in [0.25, 0.3) is 12.2 Å². The van der Waals surface area contributed by atoms with E-state index in [0.29, 0.717) is 5.56 Å². The van der Waals surface area contributed by atoms with Crippen LogP contribution >= 0.6 is 0 Å². The van der Waals surface area contributed by atoms with Crippen LogP contribution in [0.2, 0.25) is 0 Å². The normalized spacial score (nSPS) is 11.7. The third-order valence-corrected chi connectivity index (χ3v) is 16.7. The fraction of sp³-hybridized carbons (Fsp3) is 0.233. The van der Waals surface area contributed by atoms with Crippen LogP contribution in [-0.4, -0.2) is 167 Å². The van der Waals surface area contributed by atoms with Crippen LogP contribution in [-0.2, 0) is 80.8 Å².